The Bertz CT molecular complexity index is 932. The van der Waals surface area contributed by atoms with Gasteiger partial charge < -0.3 is 14.8 Å². The molecule has 0 radical (unpaired) electrons. The normalized spacial score (nSPS) is 10.7. The van der Waals surface area contributed by atoms with Crippen molar-refractivity contribution in [1.29, 1.82) is 0 Å². The van der Waals surface area contributed by atoms with Gasteiger partial charge in [-0.3, -0.25) is 14.9 Å². The molecule has 2 N–H and O–H groups in total. The van der Waals surface area contributed by atoms with E-state index in [0.717, 1.165) is 6.20 Å². The van der Waals surface area contributed by atoms with Gasteiger partial charge in [0.05, 0.1) is 24.8 Å². The van der Waals surface area contributed by atoms with Gasteiger partial charge in [0.2, 0.25) is 0 Å². The molecule has 2 aromatic heterocycles. The zero-order chi connectivity index (χ0) is 19.2. The average Bonchev–Trinajstić information content (AvgIpc) is 3.15. The summed E-state index contributed by atoms with van der Waals surface area (Å²) in [6, 6.07) is 8.41. The van der Waals surface area contributed by atoms with Crippen molar-refractivity contribution in [3.8, 4) is 22.9 Å². The molecule has 0 unspecified atom stereocenters. The summed E-state index contributed by atoms with van der Waals surface area (Å²) in [7, 11) is 1.54. The van der Waals surface area contributed by atoms with Gasteiger partial charge in [0.1, 0.15) is 17.3 Å². The first-order valence-corrected chi connectivity index (χ1v) is 7.80. The van der Waals surface area contributed by atoms with Crippen LogP contribution in [-0.4, -0.2) is 39.8 Å². The lowest BCUT2D eigenvalue weighted by Crippen LogP contribution is -2.24. The standard InChI is InChI=1S/C17H15F2N5O3/c1-26-12-5-3-2-4-10(12)15-22-14(23-24-15)9-21-16(25)11-8-20-7-6-13(11)27-17(18)19/h2-8,17H,9H2,1H3,(H,21,25)(H,22,23,24). The van der Waals surface area contributed by atoms with E-state index in [4.69, 9.17) is 4.74 Å². The number of nitrogens with zero attached hydrogens (tertiary/aromatic N) is 3. The first-order chi connectivity index (χ1) is 13.1. The Labute approximate surface area is 152 Å². The molecule has 0 saturated heterocycles. The summed E-state index contributed by atoms with van der Waals surface area (Å²) < 4.78 is 34.5. The van der Waals surface area contributed by atoms with Gasteiger partial charge in [-0.15, -0.1) is 0 Å². The molecule has 8 nitrogen and oxygen atoms in total. The molecule has 0 spiro atoms. The Kier molecular flexibility index (Phi) is 5.55. The molecule has 0 aliphatic carbocycles. The molecule has 10 heteroatoms. The number of methoxy groups -OCH3 is 1. The van der Waals surface area contributed by atoms with Crippen LogP contribution >= 0.6 is 0 Å². The smallest absolute Gasteiger partial charge is 0.387 e. The first-order valence-electron chi connectivity index (χ1n) is 7.80. The highest BCUT2D eigenvalue weighted by molar-refractivity contribution is 5.96. The number of hydrogen-bond donors (Lipinski definition) is 2. The van der Waals surface area contributed by atoms with Crippen molar-refractivity contribution < 1.29 is 23.0 Å². The topological polar surface area (TPSA) is 102 Å². The van der Waals surface area contributed by atoms with Crippen LogP contribution in [0.4, 0.5) is 8.78 Å². The molecule has 140 valence electrons. The molecule has 3 rings (SSSR count). The molecule has 2 heterocycles. The number of nitrogens with one attached hydrogen (secondary N) is 2. The minimum Gasteiger partial charge on any atom is -0.496 e. The quantitative estimate of drug-likeness (QED) is 0.658. The molecule has 0 saturated carbocycles. The second-order valence-electron chi connectivity index (χ2n) is 5.24. The molecular weight excluding hydrogens is 360 g/mol. The number of aromatic nitrogens is 4. The Hall–Kier alpha value is -3.56. The Morgan fingerprint density at radius 2 is 2.07 bits per heavy atom. The highest BCUT2D eigenvalue weighted by atomic mass is 19.3. The number of rotatable bonds is 7. The van der Waals surface area contributed by atoms with E-state index in [-0.39, 0.29) is 17.9 Å². The van der Waals surface area contributed by atoms with Gasteiger partial charge in [-0.25, -0.2) is 4.98 Å². The van der Waals surface area contributed by atoms with Gasteiger partial charge in [-0.05, 0) is 18.2 Å². The average molecular weight is 375 g/mol. The summed E-state index contributed by atoms with van der Waals surface area (Å²) in [5.74, 6) is 0.499. The fourth-order valence-electron chi connectivity index (χ4n) is 2.33. The monoisotopic (exact) mass is 375 g/mol. The number of amides is 1. The molecule has 0 bridgehead atoms. The lowest BCUT2D eigenvalue weighted by Gasteiger charge is -2.09. The van der Waals surface area contributed by atoms with Crippen LogP contribution < -0.4 is 14.8 Å². The molecule has 1 amide bonds. The molecule has 1 aromatic carbocycles. The zero-order valence-electron chi connectivity index (χ0n) is 14.1. The largest absolute Gasteiger partial charge is 0.496 e. The van der Waals surface area contributed by atoms with Crippen LogP contribution in [-0.2, 0) is 6.54 Å². The molecule has 0 atom stereocenters. The summed E-state index contributed by atoms with van der Waals surface area (Å²) in [4.78, 5) is 20.3. The fourth-order valence-corrected chi connectivity index (χ4v) is 2.33. The number of carbonyl (C=O) groups is 1. The van der Waals surface area contributed by atoms with Crippen LogP contribution in [0, 0.1) is 0 Å². The van der Waals surface area contributed by atoms with Crippen LogP contribution in [0.3, 0.4) is 0 Å². The first kappa shape index (κ1) is 18.2. The number of carbonyl (C=O) groups excluding carboxylic acids is 1. The second-order valence-corrected chi connectivity index (χ2v) is 5.24. The maximum absolute atomic E-state index is 12.4. The number of benzene rings is 1. The van der Waals surface area contributed by atoms with Crippen molar-refractivity contribution in [1.82, 2.24) is 25.5 Å². The fraction of sp³-hybridized carbons (Fsp3) is 0.176. The van der Waals surface area contributed by atoms with Crippen molar-refractivity contribution in [2.24, 2.45) is 0 Å². The lowest BCUT2D eigenvalue weighted by atomic mass is 10.2. The molecule has 27 heavy (non-hydrogen) atoms. The molecule has 0 fully saturated rings. The van der Waals surface area contributed by atoms with Gasteiger partial charge in [0.25, 0.3) is 5.91 Å². The third-order valence-electron chi connectivity index (χ3n) is 3.54. The Morgan fingerprint density at radius 1 is 1.26 bits per heavy atom. The van der Waals surface area contributed by atoms with Gasteiger partial charge in [0.15, 0.2) is 5.82 Å². The third-order valence-corrected chi connectivity index (χ3v) is 3.54. The lowest BCUT2D eigenvalue weighted by molar-refractivity contribution is -0.0502. The van der Waals surface area contributed by atoms with Crippen LogP contribution in [0.5, 0.6) is 11.5 Å². The van der Waals surface area contributed by atoms with Crippen LogP contribution in [0.2, 0.25) is 0 Å². The summed E-state index contributed by atoms with van der Waals surface area (Å²) in [6.07, 6.45) is 2.40. The minimum absolute atomic E-state index is 0.00396. The molecule has 0 aliphatic rings. The van der Waals surface area contributed by atoms with Crippen molar-refractivity contribution in [2.45, 2.75) is 13.2 Å². The van der Waals surface area contributed by atoms with Crippen LogP contribution in [0.1, 0.15) is 16.2 Å². The summed E-state index contributed by atoms with van der Waals surface area (Å²) in [6.45, 7) is -3.04. The maximum atomic E-state index is 12.4. The molecule has 3 aromatic rings. The third kappa shape index (κ3) is 4.35. The van der Waals surface area contributed by atoms with Gasteiger partial charge >= 0.3 is 6.61 Å². The van der Waals surface area contributed by atoms with Crippen molar-refractivity contribution in [3.05, 3.63) is 54.1 Å². The van der Waals surface area contributed by atoms with E-state index in [2.05, 4.69) is 30.2 Å². The minimum atomic E-state index is -3.04. The number of para-hydroxylation sites is 1. The van der Waals surface area contributed by atoms with Crippen molar-refractivity contribution in [3.63, 3.8) is 0 Å². The van der Waals surface area contributed by atoms with E-state index >= 15 is 0 Å². The SMILES string of the molecule is COc1ccccc1-c1n[nH]c(CNC(=O)c2cnccc2OC(F)F)n1. The predicted molar refractivity (Wildman–Crippen MR) is 90.4 cm³/mol. The van der Waals surface area contributed by atoms with Crippen molar-refractivity contribution >= 4 is 5.91 Å². The number of hydrogen-bond acceptors (Lipinski definition) is 6. The van der Waals surface area contributed by atoms with Crippen molar-refractivity contribution in [2.75, 3.05) is 7.11 Å². The summed E-state index contributed by atoms with van der Waals surface area (Å²) >= 11 is 0. The van der Waals surface area contributed by atoms with E-state index in [1.807, 2.05) is 12.1 Å². The highest BCUT2D eigenvalue weighted by Crippen LogP contribution is 2.26. The Balaban J connectivity index is 1.70. The number of H-pyrrole nitrogens is 1. The highest BCUT2D eigenvalue weighted by Gasteiger charge is 2.17. The predicted octanol–water partition coefficient (Wildman–Crippen LogP) is 2.41. The Morgan fingerprint density at radius 3 is 2.85 bits per heavy atom. The number of pyridine rings is 1. The molecular formula is C17H15F2N5O3. The number of alkyl halides is 2. The van der Waals surface area contributed by atoms with E-state index in [0.29, 0.717) is 23.0 Å². The van der Waals surface area contributed by atoms with Gasteiger partial charge in [-0.2, -0.15) is 13.9 Å². The summed E-state index contributed by atoms with van der Waals surface area (Å²) in [5.41, 5.74) is 0.580. The van der Waals surface area contributed by atoms with E-state index in [1.165, 1.54) is 12.3 Å². The number of aromatic amines is 1. The maximum Gasteiger partial charge on any atom is 0.387 e. The molecule has 0 aliphatic heterocycles. The van der Waals surface area contributed by atoms with Crippen LogP contribution in [0.25, 0.3) is 11.4 Å². The van der Waals surface area contributed by atoms with Gasteiger partial charge in [-0.1, -0.05) is 12.1 Å². The van der Waals surface area contributed by atoms with E-state index in [1.54, 1.807) is 19.2 Å². The van der Waals surface area contributed by atoms with Gasteiger partial charge in [0, 0.05) is 12.4 Å². The van der Waals surface area contributed by atoms with Crippen LogP contribution in [0.15, 0.2) is 42.7 Å². The van der Waals surface area contributed by atoms with E-state index in [9.17, 15) is 13.6 Å². The zero-order valence-corrected chi connectivity index (χ0v) is 14.1. The van der Waals surface area contributed by atoms with E-state index < -0.39 is 12.5 Å². The number of halogens is 2. The second kappa shape index (κ2) is 8.21. The number of ether oxygens (including phenoxy) is 2. The summed E-state index contributed by atoms with van der Waals surface area (Å²) in [5, 5.41) is 9.36.